The van der Waals surface area contributed by atoms with Crippen molar-refractivity contribution in [1.82, 2.24) is 10.2 Å². The van der Waals surface area contributed by atoms with Gasteiger partial charge < -0.3 is 10.4 Å². The lowest BCUT2D eigenvalue weighted by atomic mass is 10.1. The molecule has 1 atom stereocenters. The first-order valence-electron chi connectivity index (χ1n) is 6.14. The zero-order chi connectivity index (χ0) is 18.4. The first kappa shape index (κ1) is 19.6. The fourth-order valence-electron chi connectivity index (χ4n) is 1.57. The van der Waals surface area contributed by atoms with Gasteiger partial charge in [0.2, 0.25) is 10.6 Å². The van der Waals surface area contributed by atoms with Crippen molar-refractivity contribution in [3.63, 3.8) is 0 Å². The number of rotatable bonds is 6. The quantitative estimate of drug-likeness (QED) is 0.347. The van der Waals surface area contributed by atoms with Gasteiger partial charge in [0.15, 0.2) is 28.4 Å². The van der Waals surface area contributed by atoms with Crippen LogP contribution in [0.25, 0.3) is 0 Å². The highest BCUT2D eigenvalue weighted by atomic mass is 32.2. The third-order valence-electron chi connectivity index (χ3n) is 2.64. The van der Waals surface area contributed by atoms with E-state index in [9.17, 15) is 27.2 Å². The molecule has 1 aromatic rings. The summed E-state index contributed by atoms with van der Waals surface area (Å²) < 4.78 is 55.3. The topological polar surface area (TPSA) is 105 Å². The SMILES string of the molecule is CN=[N+]=Nc1c(F)c(F)c(C(=O)NC(CSC)C(=O)O)c(F)c1F. The van der Waals surface area contributed by atoms with Gasteiger partial charge in [-0.2, -0.15) is 11.8 Å². The van der Waals surface area contributed by atoms with Crippen LogP contribution in [0.1, 0.15) is 10.4 Å². The Labute approximate surface area is 136 Å². The third kappa shape index (κ3) is 4.09. The van der Waals surface area contributed by atoms with Crippen molar-refractivity contribution in [3.05, 3.63) is 28.8 Å². The van der Waals surface area contributed by atoms with Crippen LogP contribution in [-0.4, -0.2) is 42.1 Å². The van der Waals surface area contributed by atoms with Gasteiger partial charge in [-0.15, -0.1) is 0 Å². The summed E-state index contributed by atoms with van der Waals surface area (Å²) >= 11 is 1.03. The Morgan fingerprint density at radius 1 is 1.21 bits per heavy atom. The standard InChI is InChI=1S/C12H10F4N4O3S/c1-17-20-19-10-8(15)6(13)5(7(14)9(10)16)11(21)18-4(3-24-2)12(22)23/h4H,3H2,1-2H3,(H-,18,21,22,23)/p+1. The summed E-state index contributed by atoms with van der Waals surface area (Å²) in [6.45, 7) is 0. The summed E-state index contributed by atoms with van der Waals surface area (Å²) in [5.74, 6) is -11.2. The summed E-state index contributed by atoms with van der Waals surface area (Å²) in [6.07, 6.45) is 1.53. The molecule has 0 heterocycles. The Morgan fingerprint density at radius 3 is 2.17 bits per heavy atom. The minimum absolute atomic E-state index is 0.125. The van der Waals surface area contributed by atoms with Crippen LogP contribution in [0.2, 0.25) is 0 Å². The Morgan fingerprint density at radius 2 is 1.75 bits per heavy atom. The van der Waals surface area contributed by atoms with Crippen molar-refractivity contribution in [2.24, 2.45) is 10.2 Å². The Balaban J connectivity index is 3.37. The monoisotopic (exact) mass is 367 g/mol. The number of carboxylic acids is 1. The number of halogens is 4. The number of carbonyl (C=O) groups excluding carboxylic acids is 1. The fourth-order valence-corrected chi connectivity index (χ4v) is 2.13. The summed E-state index contributed by atoms with van der Waals surface area (Å²) in [6, 6.07) is -1.50. The molecule has 0 saturated carbocycles. The molecule has 1 aromatic carbocycles. The predicted octanol–water partition coefficient (Wildman–Crippen LogP) is 2.02. The fraction of sp³-hybridized carbons (Fsp3) is 0.333. The largest absolute Gasteiger partial charge is 0.480 e. The van der Waals surface area contributed by atoms with Crippen LogP contribution in [0.5, 0.6) is 0 Å². The van der Waals surface area contributed by atoms with Gasteiger partial charge >= 0.3 is 5.97 Å². The molecule has 0 saturated heterocycles. The molecule has 130 valence electrons. The second-order valence-corrected chi connectivity index (χ2v) is 5.10. The van der Waals surface area contributed by atoms with E-state index >= 15 is 0 Å². The predicted molar refractivity (Wildman–Crippen MR) is 76.1 cm³/mol. The number of amides is 1. The molecule has 1 unspecified atom stereocenters. The minimum atomic E-state index is -2.02. The highest BCUT2D eigenvalue weighted by molar-refractivity contribution is 7.98. The average Bonchev–Trinajstić information content (AvgIpc) is 2.52. The van der Waals surface area contributed by atoms with Gasteiger partial charge in [0.05, 0.1) is 0 Å². The third-order valence-corrected chi connectivity index (χ3v) is 3.30. The van der Waals surface area contributed by atoms with Gasteiger partial charge in [-0.1, -0.05) is 0 Å². The molecular formula is C12H11F4N4O3S+. The van der Waals surface area contributed by atoms with Crippen LogP contribution in [0.3, 0.4) is 0 Å². The van der Waals surface area contributed by atoms with Gasteiger partial charge in [0.25, 0.3) is 5.91 Å². The molecule has 0 fully saturated rings. The Hall–Kier alpha value is -2.46. The highest BCUT2D eigenvalue weighted by Crippen LogP contribution is 2.30. The second-order valence-electron chi connectivity index (χ2n) is 4.19. The van der Waals surface area contributed by atoms with Gasteiger partial charge in [0.1, 0.15) is 23.8 Å². The van der Waals surface area contributed by atoms with E-state index in [4.69, 9.17) is 5.11 Å². The number of benzene rings is 1. The van der Waals surface area contributed by atoms with E-state index in [1.165, 1.54) is 6.26 Å². The maximum absolute atomic E-state index is 13.9. The number of carboxylic acid groups (broad SMARTS) is 1. The van der Waals surface area contributed by atoms with Crippen LogP contribution in [0.4, 0.5) is 23.2 Å². The van der Waals surface area contributed by atoms with Crippen LogP contribution in [0, 0.1) is 23.3 Å². The van der Waals surface area contributed by atoms with Crippen molar-refractivity contribution in [2.45, 2.75) is 6.04 Å². The molecule has 1 amide bonds. The van der Waals surface area contributed by atoms with Crippen molar-refractivity contribution in [1.29, 1.82) is 0 Å². The number of nitrogens with zero attached hydrogens (tertiary/aromatic N) is 3. The van der Waals surface area contributed by atoms with Crippen LogP contribution >= 0.6 is 11.8 Å². The summed E-state index contributed by atoms with van der Waals surface area (Å²) in [4.78, 5) is 25.6. The Kier molecular flexibility index (Phi) is 6.86. The summed E-state index contributed by atoms with van der Waals surface area (Å²) in [5, 5.41) is 16.6. The molecule has 0 radical (unpaired) electrons. The van der Waals surface area contributed by atoms with Gasteiger partial charge in [-0.05, 0) is 6.26 Å². The molecule has 24 heavy (non-hydrogen) atoms. The molecule has 1 rings (SSSR count). The van der Waals surface area contributed by atoms with Crippen LogP contribution in [0.15, 0.2) is 10.2 Å². The second kappa shape index (κ2) is 8.41. The van der Waals surface area contributed by atoms with Crippen molar-refractivity contribution in [2.75, 3.05) is 19.1 Å². The maximum Gasteiger partial charge on any atom is 0.327 e. The van der Waals surface area contributed by atoms with E-state index in [1.807, 2.05) is 0 Å². The van der Waals surface area contributed by atoms with Crippen LogP contribution in [-0.2, 0) is 4.79 Å². The molecule has 0 spiro atoms. The van der Waals surface area contributed by atoms with E-state index in [0.29, 0.717) is 0 Å². The average molecular weight is 367 g/mol. The molecule has 12 heteroatoms. The number of carbonyl (C=O) groups is 2. The molecule has 7 nitrogen and oxygen atoms in total. The molecule has 0 aliphatic carbocycles. The van der Waals surface area contributed by atoms with E-state index in [-0.39, 0.29) is 5.75 Å². The summed E-state index contributed by atoms with van der Waals surface area (Å²) in [7, 11) is 1.10. The summed E-state index contributed by atoms with van der Waals surface area (Å²) in [5.41, 5.74) is -2.99. The van der Waals surface area contributed by atoms with Gasteiger partial charge in [0, 0.05) is 5.75 Å². The lowest BCUT2D eigenvalue weighted by Crippen LogP contribution is -2.43. The van der Waals surface area contributed by atoms with Gasteiger partial charge in [-0.25, -0.2) is 22.4 Å². The minimum Gasteiger partial charge on any atom is -0.480 e. The number of nitrogens with one attached hydrogen (secondary N) is 1. The lowest BCUT2D eigenvalue weighted by molar-refractivity contribution is -0.138. The molecule has 0 bridgehead atoms. The van der Waals surface area contributed by atoms with Gasteiger partial charge in [-0.3, -0.25) is 4.79 Å². The Bertz CT molecular complexity index is 708. The van der Waals surface area contributed by atoms with E-state index in [2.05, 4.69) is 15.1 Å². The zero-order valence-corrected chi connectivity index (χ0v) is 13.1. The number of hydrogen-bond donors (Lipinski definition) is 2. The number of aliphatic carboxylic acids is 1. The van der Waals surface area contributed by atoms with E-state index < -0.39 is 52.4 Å². The van der Waals surface area contributed by atoms with Crippen molar-refractivity contribution < 1.29 is 32.3 Å². The maximum atomic E-state index is 13.9. The lowest BCUT2D eigenvalue weighted by Gasteiger charge is -2.14. The van der Waals surface area contributed by atoms with Crippen molar-refractivity contribution >= 4 is 29.3 Å². The molecule has 0 aliphatic rings. The van der Waals surface area contributed by atoms with Crippen molar-refractivity contribution in [3.8, 4) is 0 Å². The first-order valence-corrected chi connectivity index (χ1v) is 7.53. The molecule has 0 aromatic heterocycles. The number of thioether (sulfide) groups is 1. The number of hydrogen-bond acceptors (Lipinski definition) is 5. The zero-order valence-electron chi connectivity index (χ0n) is 12.3. The molecular weight excluding hydrogens is 356 g/mol. The van der Waals surface area contributed by atoms with E-state index in [1.54, 1.807) is 5.32 Å². The smallest absolute Gasteiger partial charge is 0.327 e. The van der Waals surface area contributed by atoms with E-state index in [0.717, 1.165) is 18.8 Å². The highest BCUT2D eigenvalue weighted by Gasteiger charge is 2.33. The van der Waals surface area contributed by atoms with Crippen LogP contribution < -0.4 is 10.2 Å². The normalized spacial score (nSPS) is 11.4. The molecule has 0 aliphatic heterocycles. The molecule has 2 N–H and O–H groups in total. The first-order chi connectivity index (χ1) is 11.3.